The number of rotatable bonds is 3. The maximum absolute atomic E-state index is 12.6. The summed E-state index contributed by atoms with van der Waals surface area (Å²) >= 11 is 1.45. The number of carbonyl (C=O) groups is 1. The summed E-state index contributed by atoms with van der Waals surface area (Å²) in [6, 6.07) is 4.21. The third kappa shape index (κ3) is 4.64. The number of hydrogen-bond acceptors (Lipinski definition) is 5. The van der Waals surface area contributed by atoms with E-state index in [1.165, 1.54) is 11.3 Å². The van der Waals surface area contributed by atoms with Crippen LogP contribution in [0, 0.1) is 0 Å². The van der Waals surface area contributed by atoms with Crippen LogP contribution in [0.4, 0.5) is 0 Å². The number of piperidine rings is 1. The van der Waals surface area contributed by atoms with Crippen LogP contribution in [0.25, 0.3) is 10.6 Å². The van der Waals surface area contributed by atoms with Gasteiger partial charge in [-0.15, -0.1) is 36.2 Å². The van der Waals surface area contributed by atoms with Crippen LogP contribution >= 0.6 is 36.2 Å². The van der Waals surface area contributed by atoms with E-state index < -0.39 is 0 Å². The van der Waals surface area contributed by atoms with Crippen molar-refractivity contribution in [2.75, 3.05) is 20.1 Å². The number of likely N-dealkylation sites (N-methyl/N-ethyl adjacent to an activating group) is 1. The molecule has 126 valence electrons. The van der Waals surface area contributed by atoms with Crippen LogP contribution in [0.1, 0.15) is 22.5 Å². The van der Waals surface area contributed by atoms with Gasteiger partial charge in [0.15, 0.2) is 0 Å². The van der Waals surface area contributed by atoms with Crippen molar-refractivity contribution in [3.8, 4) is 10.6 Å². The van der Waals surface area contributed by atoms with Crippen molar-refractivity contribution in [2.24, 2.45) is 0 Å². The molecule has 0 bridgehead atoms. The van der Waals surface area contributed by atoms with Gasteiger partial charge in [-0.1, -0.05) is 0 Å². The Morgan fingerprint density at radius 1 is 1.35 bits per heavy atom. The van der Waals surface area contributed by atoms with Crippen molar-refractivity contribution in [3.63, 3.8) is 0 Å². The highest BCUT2D eigenvalue weighted by Crippen LogP contribution is 2.26. The first-order valence-corrected chi connectivity index (χ1v) is 7.92. The van der Waals surface area contributed by atoms with Crippen molar-refractivity contribution in [1.29, 1.82) is 0 Å². The molecular formula is C15H20Cl2N4OS. The van der Waals surface area contributed by atoms with Gasteiger partial charge in [-0.3, -0.25) is 9.78 Å². The molecular weight excluding hydrogens is 355 g/mol. The Kier molecular flexibility index (Phi) is 7.91. The molecule has 2 aromatic rings. The topological polar surface area (TPSA) is 58.1 Å². The largest absolute Gasteiger partial charge is 0.336 e. The minimum atomic E-state index is 0. The number of thiazole rings is 1. The van der Waals surface area contributed by atoms with Crippen LogP contribution in [-0.4, -0.2) is 47.0 Å². The SMILES string of the molecule is CNC1CCCN(C(=O)c2cnc(-c3ccncc3)s2)C1.Cl.Cl. The normalized spacial score (nSPS) is 17.1. The number of aromatic nitrogens is 2. The minimum Gasteiger partial charge on any atom is -0.336 e. The van der Waals surface area contributed by atoms with Gasteiger partial charge in [0.1, 0.15) is 9.88 Å². The predicted octanol–water partition coefficient (Wildman–Crippen LogP) is 2.87. The molecule has 1 N–H and O–H groups in total. The second-order valence-electron chi connectivity index (χ2n) is 5.14. The van der Waals surface area contributed by atoms with E-state index >= 15 is 0 Å². The lowest BCUT2D eigenvalue weighted by Gasteiger charge is -2.32. The van der Waals surface area contributed by atoms with Crippen molar-refractivity contribution < 1.29 is 4.79 Å². The second-order valence-corrected chi connectivity index (χ2v) is 6.18. The quantitative estimate of drug-likeness (QED) is 0.896. The number of amides is 1. The van der Waals surface area contributed by atoms with Gasteiger partial charge in [0.25, 0.3) is 5.91 Å². The number of nitrogens with zero attached hydrogens (tertiary/aromatic N) is 3. The highest BCUT2D eigenvalue weighted by atomic mass is 35.5. The molecule has 2 aromatic heterocycles. The van der Waals surface area contributed by atoms with Crippen LogP contribution in [0.5, 0.6) is 0 Å². The lowest BCUT2D eigenvalue weighted by atomic mass is 10.1. The average Bonchev–Trinajstić information content (AvgIpc) is 3.05. The Labute approximate surface area is 152 Å². The van der Waals surface area contributed by atoms with Crippen molar-refractivity contribution in [3.05, 3.63) is 35.6 Å². The monoisotopic (exact) mass is 374 g/mol. The van der Waals surface area contributed by atoms with Crippen molar-refractivity contribution in [1.82, 2.24) is 20.2 Å². The standard InChI is InChI=1S/C15H18N4OS.2ClH/c1-16-12-3-2-8-19(10-12)15(20)13-9-18-14(21-13)11-4-6-17-7-5-11;;/h4-7,9,12,16H,2-3,8,10H2,1H3;2*1H. The molecule has 0 saturated carbocycles. The molecule has 1 saturated heterocycles. The Morgan fingerprint density at radius 2 is 2.09 bits per heavy atom. The van der Waals surface area contributed by atoms with Gasteiger partial charge in [-0.2, -0.15) is 0 Å². The van der Waals surface area contributed by atoms with Crippen LogP contribution in [0.3, 0.4) is 0 Å². The van der Waals surface area contributed by atoms with Gasteiger partial charge in [0.2, 0.25) is 0 Å². The maximum atomic E-state index is 12.6. The predicted molar refractivity (Wildman–Crippen MR) is 97.8 cm³/mol. The third-order valence-corrected chi connectivity index (χ3v) is 4.80. The highest BCUT2D eigenvalue weighted by Gasteiger charge is 2.24. The van der Waals surface area contributed by atoms with E-state index in [9.17, 15) is 4.79 Å². The fraction of sp³-hybridized carbons (Fsp3) is 0.400. The summed E-state index contributed by atoms with van der Waals surface area (Å²) < 4.78 is 0. The Morgan fingerprint density at radius 3 is 2.78 bits per heavy atom. The zero-order valence-corrected chi connectivity index (χ0v) is 15.2. The molecule has 23 heavy (non-hydrogen) atoms. The lowest BCUT2D eigenvalue weighted by molar-refractivity contribution is 0.0703. The first-order chi connectivity index (χ1) is 10.3. The summed E-state index contributed by atoms with van der Waals surface area (Å²) in [7, 11) is 1.95. The number of pyridine rings is 1. The lowest BCUT2D eigenvalue weighted by Crippen LogP contribution is -2.46. The van der Waals surface area contributed by atoms with E-state index in [-0.39, 0.29) is 30.7 Å². The van der Waals surface area contributed by atoms with E-state index in [0.29, 0.717) is 10.9 Å². The van der Waals surface area contributed by atoms with Gasteiger partial charge in [0, 0.05) is 37.1 Å². The molecule has 3 rings (SSSR count). The van der Waals surface area contributed by atoms with E-state index in [0.717, 1.165) is 36.5 Å². The first kappa shape index (κ1) is 19.8. The van der Waals surface area contributed by atoms with E-state index in [2.05, 4.69) is 15.3 Å². The number of halogens is 2. The molecule has 8 heteroatoms. The summed E-state index contributed by atoms with van der Waals surface area (Å²) in [5, 5.41) is 4.12. The number of likely N-dealkylation sites (tertiary alicyclic amines) is 1. The summed E-state index contributed by atoms with van der Waals surface area (Å²) in [6.45, 7) is 1.61. The summed E-state index contributed by atoms with van der Waals surface area (Å²) in [6.07, 6.45) is 7.34. The summed E-state index contributed by atoms with van der Waals surface area (Å²) in [4.78, 5) is 23.6. The van der Waals surface area contributed by atoms with Crippen LogP contribution in [0.15, 0.2) is 30.7 Å². The zero-order valence-electron chi connectivity index (χ0n) is 12.8. The summed E-state index contributed by atoms with van der Waals surface area (Å²) in [5.41, 5.74) is 1.00. The molecule has 3 heterocycles. The van der Waals surface area contributed by atoms with Crippen molar-refractivity contribution in [2.45, 2.75) is 18.9 Å². The van der Waals surface area contributed by atoms with Crippen LogP contribution < -0.4 is 5.32 Å². The molecule has 0 radical (unpaired) electrons. The number of nitrogens with one attached hydrogen (secondary N) is 1. The molecule has 0 aromatic carbocycles. The molecule has 1 atom stereocenters. The highest BCUT2D eigenvalue weighted by molar-refractivity contribution is 7.16. The Hall–Kier alpha value is -1.21. The molecule has 1 aliphatic rings. The summed E-state index contributed by atoms with van der Waals surface area (Å²) in [5.74, 6) is 0.0905. The van der Waals surface area contributed by atoms with E-state index in [1.807, 2.05) is 24.1 Å². The van der Waals surface area contributed by atoms with Crippen molar-refractivity contribution >= 4 is 42.1 Å². The molecule has 0 spiro atoms. The van der Waals surface area contributed by atoms with Crippen LogP contribution in [0.2, 0.25) is 0 Å². The van der Waals surface area contributed by atoms with Gasteiger partial charge in [-0.25, -0.2) is 4.98 Å². The molecule has 1 aliphatic heterocycles. The van der Waals surface area contributed by atoms with Gasteiger partial charge in [0.05, 0.1) is 6.20 Å². The second kappa shape index (κ2) is 9.17. The molecule has 1 unspecified atom stereocenters. The number of hydrogen-bond donors (Lipinski definition) is 1. The maximum Gasteiger partial charge on any atom is 0.265 e. The smallest absolute Gasteiger partial charge is 0.265 e. The molecule has 1 fully saturated rings. The zero-order chi connectivity index (χ0) is 14.7. The van der Waals surface area contributed by atoms with E-state index in [1.54, 1.807) is 18.6 Å². The average molecular weight is 375 g/mol. The Bertz CT molecular complexity index is 623. The third-order valence-electron chi connectivity index (χ3n) is 3.76. The number of carbonyl (C=O) groups excluding carboxylic acids is 1. The van der Waals surface area contributed by atoms with Crippen LogP contribution in [-0.2, 0) is 0 Å². The molecule has 0 aliphatic carbocycles. The molecule has 5 nitrogen and oxygen atoms in total. The molecule has 1 amide bonds. The van der Waals surface area contributed by atoms with Gasteiger partial charge < -0.3 is 10.2 Å². The fourth-order valence-corrected chi connectivity index (χ4v) is 3.44. The van der Waals surface area contributed by atoms with E-state index in [4.69, 9.17) is 0 Å². The first-order valence-electron chi connectivity index (χ1n) is 7.10. The Balaban J connectivity index is 0.00000132. The van der Waals surface area contributed by atoms with Gasteiger partial charge in [-0.05, 0) is 32.0 Å². The van der Waals surface area contributed by atoms with Gasteiger partial charge >= 0.3 is 0 Å². The fourth-order valence-electron chi connectivity index (χ4n) is 2.55. The minimum absolute atomic E-state index is 0.